The van der Waals surface area contributed by atoms with Crippen LogP contribution >= 0.6 is 15.9 Å². The second kappa shape index (κ2) is 5.88. The van der Waals surface area contributed by atoms with Crippen molar-refractivity contribution in [2.45, 2.75) is 19.4 Å². The maximum atomic E-state index is 11.1. The molecular formula is C11H13BrO3. The summed E-state index contributed by atoms with van der Waals surface area (Å²) < 4.78 is 5.63. The first-order chi connectivity index (χ1) is 7.13. The molecule has 0 saturated heterocycles. The first kappa shape index (κ1) is 12.2. The highest BCUT2D eigenvalue weighted by atomic mass is 79.9. The van der Waals surface area contributed by atoms with E-state index in [1.54, 1.807) is 19.1 Å². The van der Waals surface area contributed by atoms with E-state index in [9.17, 15) is 9.90 Å². The Hall–Kier alpha value is -0.870. The van der Waals surface area contributed by atoms with Crippen molar-refractivity contribution in [3.63, 3.8) is 0 Å². The topological polar surface area (TPSA) is 46.5 Å². The Morgan fingerprint density at radius 2 is 2.33 bits per heavy atom. The normalized spacial score (nSPS) is 12.2. The third kappa shape index (κ3) is 4.01. The van der Waals surface area contributed by atoms with Gasteiger partial charge < -0.3 is 9.84 Å². The number of aliphatic hydroxyl groups excluding tert-OH is 1. The molecule has 0 aliphatic carbocycles. The minimum absolute atomic E-state index is 0.00963. The number of aliphatic hydroxyl groups is 1. The lowest BCUT2D eigenvalue weighted by Crippen LogP contribution is -2.09. The quantitative estimate of drug-likeness (QED) is 0.857. The van der Waals surface area contributed by atoms with E-state index in [1.807, 2.05) is 12.1 Å². The molecule has 4 heteroatoms. The average Bonchev–Trinajstić information content (AvgIpc) is 2.18. The van der Waals surface area contributed by atoms with E-state index in [2.05, 4.69) is 15.9 Å². The molecule has 0 radical (unpaired) electrons. The summed E-state index contributed by atoms with van der Waals surface area (Å²) in [5.74, 6) is -0.384. The van der Waals surface area contributed by atoms with E-state index in [4.69, 9.17) is 4.74 Å². The Labute approximate surface area is 97.2 Å². The number of carbonyl (C=O) groups excluding carboxylic acids is 1. The summed E-state index contributed by atoms with van der Waals surface area (Å²) in [5.41, 5.74) is 0.706. The van der Waals surface area contributed by atoms with Crippen LogP contribution in [0.2, 0.25) is 0 Å². The maximum absolute atomic E-state index is 11.1. The van der Waals surface area contributed by atoms with Crippen LogP contribution in [0.1, 0.15) is 25.0 Å². The highest BCUT2D eigenvalue weighted by molar-refractivity contribution is 9.10. The zero-order valence-corrected chi connectivity index (χ0v) is 10.0. The van der Waals surface area contributed by atoms with Crippen LogP contribution in [0.25, 0.3) is 0 Å². The molecule has 15 heavy (non-hydrogen) atoms. The number of halogens is 1. The standard InChI is InChI=1S/C11H13BrO3/c1-2-15-11(14)7-10(13)8-4-3-5-9(12)6-8/h3-6,10,13H,2,7H2,1H3/t10-/m1/s1. The lowest BCUT2D eigenvalue weighted by Gasteiger charge is -2.10. The van der Waals surface area contributed by atoms with Crippen molar-refractivity contribution in [3.8, 4) is 0 Å². The van der Waals surface area contributed by atoms with Gasteiger partial charge in [0.1, 0.15) is 0 Å². The van der Waals surface area contributed by atoms with Gasteiger partial charge >= 0.3 is 5.97 Å². The van der Waals surface area contributed by atoms with E-state index in [-0.39, 0.29) is 12.4 Å². The Balaban J connectivity index is 2.60. The van der Waals surface area contributed by atoms with Gasteiger partial charge in [-0.1, -0.05) is 28.1 Å². The number of ether oxygens (including phenoxy) is 1. The first-order valence-corrected chi connectivity index (χ1v) is 5.52. The van der Waals surface area contributed by atoms with E-state index in [0.29, 0.717) is 12.2 Å². The summed E-state index contributed by atoms with van der Waals surface area (Å²) in [7, 11) is 0. The van der Waals surface area contributed by atoms with Gasteiger partial charge in [-0.05, 0) is 24.6 Å². The monoisotopic (exact) mass is 272 g/mol. The predicted molar refractivity (Wildman–Crippen MR) is 60.4 cm³/mol. The molecule has 1 atom stereocenters. The van der Waals surface area contributed by atoms with Crippen LogP contribution in [0.3, 0.4) is 0 Å². The van der Waals surface area contributed by atoms with E-state index in [0.717, 1.165) is 4.47 Å². The fraction of sp³-hybridized carbons (Fsp3) is 0.364. The van der Waals surface area contributed by atoms with Gasteiger partial charge in [0.2, 0.25) is 0 Å². The predicted octanol–water partition coefficient (Wildman–Crippen LogP) is 2.44. The Kier molecular flexibility index (Phi) is 4.78. The molecule has 0 aliphatic rings. The van der Waals surface area contributed by atoms with Gasteiger partial charge in [-0.25, -0.2) is 0 Å². The molecule has 0 spiro atoms. The molecule has 1 aromatic rings. The number of rotatable bonds is 4. The van der Waals surface area contributed by atoms with Crippen LogP contribution in [0, 0.1) is 0 Å². The van der Waals surface area contributed by atoms with Gasteiger partial charge in [-0.3, -0.25) is 4.79 Å². The second-order valence-corrected chi connectivity index (χ2v) is 4.00. The average molecular weight is 273 g/mol. The number of hydrogen-bond acceptors (Lipinski definition) is 3. The lowest BCUT2D eigenvalue weighted by molar-refractivity contribution is -0.145. The molecule has 0 saturated carbocycles. The minimum Gasteiger partial charge on any atom is -0.466 e. The molecule has 1 aromatic carbocycles. The Morgan fingerprint density at radius 3 is 2.93 bits per heavy atom. The Morgan fingerprint density at radius 1 is 1.60 bits per heavy atom. The third-order valence-corrected chi connectivity index (χ3v) is 2.39. The molecule has 1 N–H and O–H groups in total. The van der Waals surface area contributed by atoms with Crippen LogP contribution in [0.15, 0.2) is 28.7 Å². The molecule has 0 heterocycles. The molecule has 0 aliphatic heterocycles. The SMILES string of the molecule is CCOC(=O)C[C@@H](O)c1cccc(Br)c1. The van der Waals surface area contributed by atoms with Crippen LogP contribution in [0.5, 0.6) is 0 Å². The smallest absolute Gasteiger partial charge is 0.308 e. The van der Waals surface area contributed by atoms with Crippen molar-refractivity contribution < 1.29 is 14.6 Å². The number of carbonyl (C=O) groups is 1. The summed E-state index contributed by atoms with van der Waals surface area (Å²) >= 11 is 3.30. The third-order valence-electron chi connectivity index (χ3n) is 1.90. The molecular weight excluding hydrogens is 260 g/mol. The van der Waals surface area contributed by atoms with Gasteiger partial charge in [0.15, 0.2) is 0 Å². The van der Waals surface area contributed by atoms with Gasteiger partial charge in [0, 0.05) is 4.47 Å². The number of hydrogen-bond donors (Lipinski definition) is 1. The molecule has 0 bridgehead atoms. The fourth-order valence-corrected chi connectivity index (χ4v) is 1.63. The van der Waals surface area contributed by atoms with Crippen LogP contribution in [-0.4, -0.2) is 17.7 Å². The van der Waals surface area contributed by atoms with E-state index < -0.39 is 6.10 Å². The highest BCUT2D eigenvalue weighted by Gasteiger charge is 2.13. The zero-order chi connectivity index (χ0) is 11.3. The zero-order valence-electron chi connectivity index (χ0n) is 8.44. The van der Waals surface area contributed by atoms with Crippen molar-refractivity contribution in [3.05, 3.63) is 34.3 Å². The highest BCUT2D eigenvalue weighted by Crippen LogP contribution is 2.20. The van der Waals surface area contributed by atoms with Gasteiger partial charge in [-0.2, -0.15) is 0 Å². The van der Waals surface area contributed by atoms with Crippen molar-refractivity contribution >= 4 is 21.9 Å². The molecule has 0 aromatic heterocycles. The summed E-state index contributed by atoms with van der Waals surface area (Å²) in [4.78, 5) is 11.1. The molecule has 1 rings (SSSR count). The summed E-state index contributed by atoms with van der Waals surface area (Å²) in [6.07, 6.45) is -0.814. The maximum Gasteiger partial charge on any atom is 0.308 e. The molecule has 0 amide bonds. The summed E-state index contributed by atoms with van der Waals surface area (Å²) in [6, 6.07) is 7.23. The molecule has 0 unspecified atom stereocenters. The Bertz CT molecular complexity index is 338. The van der Waals surface area contributed by atoms with Crippen LogP contribution in [-0.2, 0) is 9.53 Å². The van der Waals surface area contributed by atoms with Gasteiger partial charge in [0.25, 0.3) is 0 Å². The van der Waals surface area contributed by atoms with Crippen LogP contribution < -0.4 is 0 Å². The lowest BCUT2D eigenvalue weighted by atomic mass is 10.1. The van der Waals surface area contributed by atoms with E-state index in [1.165, 1.54) is 0 Å². The molecule has 82 valence electrons. The van der Waals surface area contributed by atoms with Crippen molar-refractivity contribution in [1.82, 2.24) is 0 Å². The second-order valence-electron chi connectivity index (χ2n) is 3.08. The summed E-state index contributed by atoms with van der Waals surface area (Å²) in [5, 5.41) is 9.72. The van der Waals surface area contributed by atoms with Crippen LogP contribution in [0.4, 0.5) is 0 Å². The molecule has 3 nitrogen and oxygen atoms in total. The molecule has 0 fully saturated rings. The van der Waals surface area contributed by atoms with Crippen molar-refractivity contribution in [2.24, 2.45) is 0 Å². The first-order valence-electron chi connectivity index (χ1n) is 4.72. The van der Waals surface area contributed by atoms with Crippen molar-refractivity contribution in [2.75, 3.05) is 6.61 Å². The van der Waals surface area contributed by atoms with Gasteiger partial charge in [-0.15, -0.1) is 0 Å². The fourth-order valence-electron chi connectivity index (χ4n) is 1.21. The largest absolute Gasteiger partial charge is 0.466 e. The van der Waals surface area contributed by atoms with Crippen molar-refractivity contribution in [1.29, 1.82) is 0 Å². The van der Waals surface area contributed by atoms with Gasteiger partial charge in [0.05, 0.1) is 19.1 Å². The number of esters is 1. The minimum atomic E-state index is -0.804. The number of benzene rings is 1. The van der Waals surface area contributed by atoms with E-state index >= 15 is 0 Å². The summed E-state index contributed by atoms with van der Waals surface area (Å²) in [6.45, 7) is 2.08.